The molecule has 5 aromatic carbocycles. The van der Waals surface area contributed by atoms with E-state index in [9.17, 15) is 0 Å². The summed E-state index contributed by atoms with van der Waals surface area (Å²) in [5, 5.41) is 15.4. The first-order valence-corrected chi connectivity index (χ1v) is 16.0. The minimum atomic E-state index is 0.0641. The van der Waals surface area contributed by atoms with Crippen molar-refractivity contribution in [1.29, 1.82) is 0 Å². The van der Waals surface area contributed by atoms with E-state index in [1.807, 2.05) is 0 Å². The molecule has 2 heterocycles. The molecule has 0 N–H and O–H groups in total. The Labute approximate surface area is 251 Å². The molecule has 1 aliphatic carbocycles. The van der Waals surface area contributed by atoms with Gasteiger partial charge in [0.2, 0.25) is 0 Å². The van der Waals surface area contributed by atoms with Gasteiger partial charge in [0, 0.05) is 0 Å². The summed E-state index contributed by atoms with van der Waals surface area (Å²) >= 11 is 0.0641. The van der Waals surface area contributed by atoms with Gasteiger partial charge in [-0.3, -0.25) is 0 Å². The number of nitrogens with zero attached hydrogens (tertiary/aromatic N) is 3. The van der Waals surface area contributed by atoms with Gasteiger partial charge >= 0.3 is 252 Å². The van der Waals surface area contributed by atoms with E-state index in [-0.39, 0.29) is 14.5 Å². The van der Waals surface area contributed by atoms with Crippen molar-refractivity contribution in [3.8, 4) is 54.8 Å². The minimum absolute atomic E-state index is 0.0641. The van der Waals surface area contributed by atoms with Gasteiger partial charge in [0.15, 0.2) is 0 Å². The van der Waals surface area contributed by atoms with Crippen molar-refractivity contribution in [2.45, 2.75) is 20.3 Å². The number of benzene rings is 5. The van der Waals surface area contributed by atoms with Crippen LogP contribution >= 0.6 is 0 Å². The van der Waals surface area contributed by atoms with Gasteiger partial charge in [0.05, 0.1) is 0 Å². The molecule has 1 aliphatic rings. The number of rotatable bonds is 4. The third-order valence-corrected chi connectivity index (χ3v) is 11.1. The van der Waals surface area contributed by atoms with E-state index >= 15 is 0 Å². The Bertz CT molecular complexity index is 2130. The van der Waals surface area contributed by atoms with Crippen LogP contribution in [-0.2, 0) is 6.42 Å². The van der Waals surface area contributed by atoms with Gasteiger partial charge < -0.3 is 0 Å². The topological polar surface area (TPSA) is 38.7 Å². The van der Waals surface area contributed by atoms with Gasteiger partial charge in [-0.15, -0.1) is 0 Å². The van der Waals surface area contributed by atoms with Crippen molar-refractivity contribution in [3.63, 3.8) is 0 Å². The third-order valence-electron chi connectivity index (χ3n) is 8.56. The van der Waals surface area contributed by atoms with Crippen LogP contribution in [-0.4, -0.2) is 29.9 Å². The molecule has 7 aromatic rings. The van der Waals surface area contributed by atoms with Crippen LogP contribution in [0.2, 0.25) is 0 Å². The Hall–Kier alpha value is -4.63. The first-order valence-electron chi connectivity index (χ1n) is 14.3. The van der Waals surface area contributed by atoms with Crippen LogP contribution in [0.25, 0.3) is 64.4 Å². The molecule has 200 valence electrons. The number of hydrogen-bond donors (Lipinski definition) is 0. The molecule has 0 radical (unpaired) electrons. The Balaban J connectivity index is 1.51. The first-order chi connectivity index (χ1) is 20.7. The summed E-state index contributed by atoms with van der Waals surface area (Å²) in [5.74, 6) is 0. The number of aromatic nitrogens is 3. The van der Waals surface area contributed by atoms with Crippen LogP contribution in [0, 0.1) is 13.8 Å². The summed E-state index contributed by atoms with van der Waals surface area (Å²) < 4.78 is 2.70. The summed E-state index contributed by atoms with van der Waals surface area (Å²) in [6.07, 6.45) is 0.891. The quantitative estimate of drug-likeness (QED) is 0.188. The van der Waals surface area contributed by atoms with Gasteiger partial charge in [-0.1, -0.05) is 0 Å². The van der Waals surface area contributed by atoms with Crippen LogP contribution in [0.5, 0.6) is 0 Å². The zero-order chi connectivity index (χ0) is 28.2. The van der Waals surface area contributed by atoms with Crippen LogP contribution in [0.1, 0.15) is 22.3 Å². The average molecular weight is 605 g/mol. The Kier molecular flexibility index (Phi) is 5.99. The zero-order valence-corrected chi connectivity index (χ0v) is 25.1. The van der Waals surface area contributed by atoms with Gasteiger partial charge in [0.25, 0.3) is 0 Å². The fourth-order valence-corrected chi connectivity index (χ4v) is 9.14. The molecule has 0 aliphatic heterocycles. The Morgan fingerprint density at radius 2 is 1.26 bits per heavy atom. The summed E-state index contributed by atoms with van der Waals surface area (Å²) in [6, 6.07) is 41.3. The SMILES string of the molecule is Cc1cc2c(c(-c3nnnc(-c4ccccc4)c3-c3[se]c4ccccc4c3-c3ccccc3)c1C)Cc1ccccc1-2. The second-order valence-corrected chi connectivity index (χ2v) is 13.2. The van der Waals surface area contributed by atoms with E-state index in [4.69, 9.17) is 10.2 Å². The predicted molar refractivity (Wildman–Crippen MR) is 174 cm³/mol. The van der Waals surface area contributed by atoms with Crippen molar-refractivity contribution in [2.75, 3.05) is 0 Å². The first kappa shape index (κ1) is 25.1. The van der Waals surface area contributed by atoms with E-state index in [1.54, 1.807) is 0 Å². The number of hydrogen-bond acceptors (Lipinski definition) is 3. The molecule has 4 heteroatoms. The Morgan fingerprint density at radius 1 is 0.595 bits per heavy atom. The van der Waals surface area contributed by atoms with E-state index < -0.39 is 0 Å². The van der Waals surface area contributed by atoms with Crippen molar-refractivity contribution in [1.82, 2.24) is 15.4 Å². The molecular formula is C38H27N3Se. The standard InChI is InChI=1S/C38H27N3Se/c1-23-21-30-28-18-10-9-17-27(28)22-31(30)33(24(23)2)37-35(36(39-41-40-37)26-15-7-4-8-16-26)38-34(25-13-5-3-6-14-25)29-19-11-12-20-32(29)42-38/h3-21H,22H2,1-2H3. The van der Waals surface area contributed by atoms with Crippen LogP contribution < -0.4 is 0 Å². The van der Waals surface area contributed by atoms with Gasteiger partial charge in [0.1, 0.15) is 0 Å². The molecule has 3 nitrogen and oxygen atoms in total. The van der Waals surface area contributed by atoms with E-state index in [2.05, 4.69) is 134 Å². The van der Waals surface area contributed by atoms with Crippen molar-refractivity contribution >= 4 is 24.1 Å². The van der Waals surface area contributed by atoms with Crippen molar-refractivity contribution < 1.29 is 0 Å². The second kappa shape index (κ2) is 10.0. The summed E-state index contributed by atoms with van der Waals surface area (Å²) in [4.78, 5) is 0. The molecule has 8 rings (SSSR count). The molecule has 0 saturated carbocycles. The fraction of sp³-hybridized carbons (Fsp3) is 0.0789. The molecule has 0 spiro atoms. The monoisotopic (exact) mass is 605 g/mol. The van der Waals surface area contributed by atoms with Gasteiger partial charge in [-0.25, -0.2) is 0 Å². The molecule has 42 heavy (non-hydrogen) atoms. The number of fused-ring (bicyclic) bond motifs is 4. The molecule has 0 saturated heterocycles. The van der Waals surface area contributed by atoms with E-state index in [0.29, 0.717) is 0 Å². The predicted octanol–water partition coefficient (Wildman–Crippen LogP) is 8.94. The zero-order valence-electron chi connectivity index (χ0n) is 23.4. The second-order valence-electron chi connectivity index (χ2n) is 10.9. The average Bonchev–Trinajstić information content (AvgIpc) is 3.60. The van der Waals surface area contributed by atoms with Crippen LogP contribution in [0.3, 0.4) is 0 Å². The normalized spacial score (nSPS) is 12.0. The van der Waals surface area contributed by atoms with Gasteiger partial charge in [-0.2, -0.15) is 0 Å². The molecule has 0 amide bonds. The van der Waals surface area contributed by atoms with Crippen molar-refractivity contribution in [3.05, 3.63) is 138 Å². The fourth-order valence-electron chi connectivity index (χ4n) is 6.47. The van der Waals surface area contributed by atoms with E-state index in [0.717, 1.165) is 28.9 Å². The molecule has 2 aromatic heterocycles. The molecule has 0 fully saturated rings. The van der Waals surface area contributed by atoms with Crippen molar-refractivity contribution in [2.24, 2.45) is 0 Å². The molecule has 0 atom stereocenters. The molecule has 0 bridgehead atoms. The summed E-state index contributed by atoms with van der Waals surface area (Å²) in [6.45, 7) is 4.46. The number of aryl methyl sites for hydroxylation is 1. The summed E-state index contributed by atoms with van der Waals surface area (Å²) in [5.41, 5.74) is 15.6. The molecule has 0 unspecified atom stereocenters. The maximum atomic E-state index is 4.93. The van der Waals surface area contributed by atoms with Crippen LogP contribution in [0.4, 0.5) is 0 Å². The molecular weight excluding hydrogens is 577 g/mol. The maximum absolute atomic E-state index is 4.93. The Morgan fingerprint density at radius 3 is 2.07 bits per heavy atom. The summed E-state index contributed by atoms with van der Waals surface area (Å²) in [7, 11) is 0. The van der Waals surface area contributed by atoms with Gasteiger partial charge in [-0.05, 0) is 0 Å². The third kappa shape index (κ3) is 3.91. The van der Waals surface area contributed by atoms with Crippen LogP contribution in [0.15, 0.2) is 115 Å². The van der Waals surface area contributed by atoms with E-state index in [1.165, 1.54) is 64.2 Å².